The van der Waals surface area contributed by atoms with Crippen LogP contribution in [0.25, 0.3) is 6.08 Å². The highest BCUT2D eigenvalue weighted by molar-refractivity contribution is 5.98. The van der Waals surface area contributed by atoms with E-state index in [9.17, 15) is 9.59 Å². The van der Waals surface area contributed by atoms with Gasteiger partial charge in [-0.1, -0.05) is 36.8 Å². The summed E-state index contributed by atoms with van der Waals surface area (Å²) in [6.07, 6.45) is 4.00. The van der Waals surface area contributed by atoms with Gasteiger partial charge in [0.15, 0.2) is 0 Å². The topological polar surface area (TPSA) is 58.6 Å². The lowest BCUT2D eigenvalue weighted by Gasteiger charge is -2.20. The second-order valence-corrected chi connectivity index (χ2v) is 6.70. The third kappa shape index (κ3) is 5.98. The maximum Gasteiger partial charge on any atom is 0.247 e. The van der Waals surface area contributed by atoms with E-state index < -0.39 is 0 Å². The summed E-state index contributed by atoms with van der Waals surface area (Å²) in [7, 11) is 1.60. The van der Waals surface area contributed by atoms with E-state index in [0.717, 1.165) is 28.8 Å². The van der Waals surface area contributed by atoms with Gasteiger partial charge >= 0.3 is 0 Å². The van der Waals surface area contributed by atoms with Gasteiger partial charge in [0.05, 0.1) is 7.11 Å². The molecule has 0 atom stereocenters. The smallest absolute Gasteiger partial charge is 0.247 e. The summed E-state index contributed by atoms with van der Waals surface area (Å²) in [5, 5.41) is 2.88. The van der Waals surface area contributed by atoms with Crippen molar-refractivity contribution in [3.8, 4) is 5.75 Å². The lowest BCUT2D eigenvalue weighted by molar-refractivity contribution is -0.130. The summed E-state index contributed by atoms with van der Waals surface area (Å²) >= 11 is 0. The van der Waals surface area contributed by atoms with Gasteiger partial charge in [-0.2, -0.15) is 0 Å². The molecule has 0 aliphatic rings. The Balaban J connectivity index is 2.08. The molecule has 0 saturated heterocycles. The number of nitrogens with one attached hydrogen (secondary N) is 1. The number of hydrogen-bond donors (Lipinski definition) is 1. The summed E-state index contributed by atoms with van der Waals surface area (Å²) in [4.78, 5) is 26.6. The zero-order valence-electron chi connectivity index (χ0n) is 17.0. The van der Waals surface area contributed by atoms with E-state index >= 15 is 0 Å². The number of benzene rings is 2. The molecule has 0 spiro atoms. The molecule has 5 heteroatoms. The molecule has 0 aromatic heterocycles. The molecule has 0 radical (unpaired) electrons. The van der Waals surface area contributed by atoms with Crippen molar-refractivity contribution in [2.45, 2.75) is 27.2 Å². The second-order valence-electron chi connectivity index (χ2n) is 6.70. The molecule has 5 nitrogen and oxygen atoms in total. The molecule has 28 heavy (non-hydrogen) atoms. The molecule has 0 fully saturated rings. The molecule has 2 rings (SSSR count). The van der Waals surface area contributed by atoms with Crippen LogP contribution in [0.2, 0.25) is 0 Å². The molecular formula is C23H28N2O3. The number of methoxy groups -OCH3 is 1. The van der Waals surface area contributed by atoms with Crippen LogP contribution in [0.3, 0.4) is 0 Å². The van der Waals surface area contributed by atoms with Crippen LogP contribution in [0.4, 0.5) is 5.69 Å². The number of ether oxygens (including phenoxy) is 1. The monoisotopic (exact) mass is 380 g/mol. The number of carbonyl (C=O) groups excluding carboxylic acids is 2. The standard InChI is InChI=1S/C23H28N2O3/c1-5-14-25(16-22(26)24-20-9-7-6-8-18(20)3)23(27)13-11-19-15-17(2)10-12-21(19)28-4/h6-13,15H,5,14,16H2,1-4H3,(H,24,26)/b13-11+. The summed E-state index contributed by atoms with van der Waals surface area (Å²) in [6.45, 7) is 6.42. The lowest BCUT2D eigenvalue weighted by atomic mass is 10.1. The average Bonchev–Trinajstić information content (AvgIpc) is 2.67. The van der Waals surface area contributed by atoms with Gasteiger partial charge in [0.25, 0.3) is 0 Å². The van der Waals surface area contributed by atoms with Crippen molar-refractivity contribution in [3.05, 3.63) is 65.2 Å². The number of aryl methyl sites for hydroxylation is 2. The number of para-hydroxylation sites is 1. The summed E-state index contributed by atoms with van der Waals surface area (Å²) < 4.78 is 5.34. The van der Waals surface area contributed by atoms with E-state index in [0.29, 0.717) is 12.3 Å². The van der Waals surface area contributed by atoms with Crippen LogP contribution in [0.1, 0.15) is 30.0 Å². The number of carbonyl (C=O) groups is 2. The van der Waals surface area contributed by atoms with Crippen molar-refractivity contribution in [1.29, 1.82) is 0 Å². The third-order valence-electron chi connectivity index (χ3n) is 4.35. The highest BCUT2D eigenvalue weighted by Crippen LogP contribution is 2.21. The van der Waals surface area contributed by atoms with Crippen molar-refractivity contribution in [2.24, 2.45) is 0 Å². The number of anilines is 1. The lowest BCUT2D eigenvalue weighted by Crippen LogP contribution is -2.37. The molecule has 0 aliphatic heterocycles. The quantitative estimate of drug-likeness (QED) is 0.698. The molecule has 2 aromatic rings. The van der Waals surface area contributed by atoms with E-state index in [2.05, 4.69) is 5.32 Å². The van der Waals surface area contributed by atoms with Crippen LogP contribution in [-0.4, -0.2) is 36.9 Å². The van der Waals surface area contributed by atoms with Gasteiger partial charge in [-0.25, -0.2) is 0 Å². The highest BCUT2D eigenvalue weighted by Gasteiger charge is 2.15. The molecule has 1 N–H and O–H groups in total. The maximum atomic E-state index is 12.7. The molecule has 2 aromatic carbocycles. The fraction of sp³-hybridized carbons (Fsp3) is 0.304. The largest absolute Gasteiger partial charge is 0.496 e. The molecule has 2 amide bonds. The van der Waals surface area contributed by atoms with Crippen LogP contribution in [0.5, 0.6) is 5.75 Å². The third-order valence-corrected chi connectivity index (χ3v) is 4.35. The number of amides is 2. The van der Waals surface area contributed by atoms with Gasteiger partial charge < -0.3 is 15.0 Å². The summed E-state index contributed by atoms with van der Waals surface area (Å²) in [6, 6.07) is 13.4. The number of hydrogen-bond acceptors (Lipinski definition) is 3. The van der Waals surface area contributed by atoms with E-state index in [4.69, 9.17) is 4.74 Å². The maximum absolute atomic E-state index is 12.7. The first kappa shape index (κ1) is 21.2. The molecule has 0 aliphatic carbocycles. The normalized spacial score (nSPS) is 10.7. The fourth-order valence-corrected chi connectivity index (χ4v) is 2.86. The number of nitrogens with zero attached hydrogens (tertiary/aromatic N) is 1. The van der Waals surface area contributed by atoms with E-state index in [1.807, 2.05) is 63.2 Å². The SMILES string of the molecule is CCCN(CC(=O)Nc1ccccc1C)C(=O)/C=C/c1cc(C)ccc1OC. The first-order chi connectivity index (χ1) is 13.4. The Hall–Kier alpha value is -3.08. The van der Waals surface area contributed by atoms with Gasteiger partial charge in [-0.15, -0.1) is 0 Å². The summed E-state index contributed by atoms with van der Waals surface area (Å²) in [5.74, 6) is 0.289. The van der Waals surface area contributed by atoms with Gasteiger partial charge in [-0.05, 0) is 50.1 Å². The van der Waals surface area contributed by atoms with Gasteiger partial charge in [0, 0.05) is 23.9 Å². The van der Waals surface area contributed by atoms with Crippen molar-refractivity contribution in [2.75, 3.05) is 25.5 Å². The first-order valence-electron chi connectivity index (χ1n) is 9.41. The Bertz CT molecular complexity index is 859. The summed E-state index contributed by atoms with van der Waals surface area (Å²) in [5.41, 5.74) is 3.65. The first-order valence-corrected chi connectivity index (χ1v) is 9.41. The minimum Gasteiger partial charge on any atom is -0.496 e. The minimum absolute atomic E-state index is 0.0102. The Morgan fingerprint density at radius 2 is 1.89 bits per heavy atom. The van der Waals surface area contributed by atoms with Crippen LogP contribution in [0, 0.1) is 13.8 Å². The average molecular weight is 380 g/mol. The van der Waals surface area contributed by atoms with Crippen molar-refractivity contribution < 1.29 is 14.3 Å². The molecule has 0 unspecified atom stereocenters. The van der Waals surface area contributed by atoms with Crippen molar-refractivity contribution >= 4 is 23.6 Å². The van der Waals surface area contributed by atoms with Crippen LogP contribution in [-0.2, 0) is 9.59 Å². The van der Waals surface area contributed by atoms with Crippen molar-refractivity contribution in [1.82, 2.24) is 4.90 Å². The molecule has 0 bridgehead atoms. The zero-order valence-corrected chi connectivity index (χ0v) is 17.0. The minimum atomic E-state index is -0.211. The van der Waals surface area contributed by atoms with Crippen LogP contribution >= 0.6 is 0 Å². The Morgan fingerprint density at radius 1 is 1.14 bits per heavy atom. The molecular weight excluding hydrogens is 352 g/mol. The van der Waals surface area contributed by atoms with Crippen molar-refractivity contribution in [3.63, 3.8) is 0 Å². The predicted molar refractivity (Wildman–Crippen MR) is 113 cm³/mol. The fourth-order valence-electron chi connectivity index (χ4n) is 2.86. The second kappa shape index (κ2) is 10.3. The van der Waals surface area contributed by atoms with Crippen LogP contribution in [0.15, 0.2) is 48.5 Å². The molecule has 148 valence electrons. The molecule has 0 heterocycles. The zero-order chi connectivity index (χ0) is 20.5. The van der Waals surface area contributed by atoms with Gasteiger partial charge in [-0.3, -0.25) is 9.59 Å². The number of rotatable bonds is 8. The molecule has 0 saturated carbocycles. The predicted octanol–water partition coefficient (Wildman–Crippen LogP) is 4.20. The van der Waals surface area contributed by atoms with Gasteiger partial charge in [0.1, 0.15) is 12.3 Å². The van der Waals surface area contributed by atoms with Crippen LogP contribution < -0.4 is 10.1 Å². The Morgan fingerprint density at radius 3 is 2.57 bits per heavy atom. The van der Waals surface area contributed by atoms with E-state index in [1.54, 1.807) is 18.1 Å². The van der Waals surface area contributed by atoms with Gasteiger partial charge in [0.2, 0.25) is 11.8 Å². The Kier molecular flexibility index (Phi) is 7.81. The Labute approximate surface area is 167 Å². The van der Waals surface area contributed by atoms with E-state index in [-0.39, 0.29) is 18.4 Å². The highest BCUT2D eigenvalue weighted by atomic mass is 16.5. The van der Waals surface area contributed by atoms with E-state index in [1.165, 1.54) is 6.08 Å².